The average Bonchev–Trinajstić information content (AvgIpc) is 3.52. The molecule has 2 aliphatic rings. The average molecular weight is 459 g/mol. The summed E-state index contributed by atoms with van der Waals surface area (Å²) >= 11 is 0. The van der Waals surface area contributed by atoms with Gasteiger partial charge in [0.2, 0.25) is 0 Å². The van der Waals surface area contributed by atoms with Crippen molar-refractivity contribution in [1.82, 2.24) is 24.0 Å². The number of aliphatic hydroxyl groups is 1. The summed E-state index contributed by atoms with van der Waals surface area (Å²) in [6, 6.07) is 12.8. The number of aliphatic hydroxyl groups excluding tert-OH is 1. The van der Waals surface area contributed by atoms with Crippen molar-refractivity contribution >= 4 is 5.82 Å². The molecule has 0 amide bonds. The summed E-state index contributed by atoms with van der Waals surface area (Å²) in [5.41, 5.74) is 4.92. The largest absolute Gasteiger partial charge is 0.391 e. The topological polar surface area (TPSA) is 62.3 Å². The highest BCUT2D eigenvalue weighted by Crippen LogP contribution is 2.34. The van der Waals surface area contributed by atoms with Crippen LogP contribution in [0.4, 0.5) is 10.2 Å². The summed E-state index contributed by atoms with van der Waals surface area (Å²) in [4.78, 5) is 14.0. The van der Waals surface area contributed by atoms with Gasteiger partial charge < -0.3 is 19.5 Å². The molecule has 1 aromatic carbocycles. The Bertz CT molecular complexity index is 1340. The minimum atomic E-state index is -0.363. The maximum Gasteiger partial charge on any atom is 0.161 e. The zero-order valence-corrected chi connectivity index (χ0v) is 19.3. The van der Waals surface area contributed by atoms with Gasteiger partial charge in [0.1, 0.15) is 11.6 Å². The minimum absolute atomic E-state index is 0.199. The monoisotopic (exact) mass is 458 g/mol. The van der Waals surface area contributed by atoms with E-state index in [0.717, 1.165) is 52.9 Å². The SMILES string of the molecule is CN(C)C[C@@H]1CN(c2ccc3c(n2)Cn2cc(-c4ccc(F)cc4)cc2-c2nccn2-3)C[C@@H]1O. The van der Waals surface area contributed by atoms with Crippen molar-refractivity contribution in [1.29, 1.82) is 0 Å². The van der Waals surface area contributed by atoms with Crippen LogP contribution in [0.3, 0.4) is 0 Å². The summed E-state index contributed by atoms with van der Waals surface area (Å²) in [5, 5.41) is 10.6. The van der Waals surface area contributed by atoms with Gasteiger partial charge in [-0.3, -0.25) is 4.57 Å². The molecule has 0 spiro atoms. The van der Waals surface area contributed by atoms with E-state index in [2.05, 4.69) is 42.2 Å². The minimum Gasteiger partial charge on any atom is -0.391 e. The molecule has 2 atom stereocenters. The van der Waals surface area contributed by atoms with Crippen LogP contribution in [0.25, 0.3) is 28.3 Å². The summed E-state index contributed by atoms with van der Waals surface area (Å²) < 4.78 is 17.7. The van der Waals surface area contributed by atoms with Crippen molar-refractivity contribution in [3.8, 4) is 28.3 Å². The molecule has 174 valence electrons. The van der Waals surface area contributed by atoms with E-state index in [1.807, 2.05) is 26.4 Å². The van der Waals surface area contributed by atoms with Crippen LogP contribution in [0.2, 0.25) is 0 Å². The second-order valence-corrected chi connectivity index (χ2v) is 9.50. The van der Waals surface area contributed by atoms with Gasteiger partial charge in [-0.05, 0) is 50.0 Å². The van der Waals surface area contributed by atoms with Crippen LogP contribution >= 0.6 is 0 Å². The second-order valence-electron chi connectivity index (χ2n) is 9.50. The number of benzene rings is 1. The lowest BCUT2D eigenvalue weighted by Gasteiger charge is -2.20. The molecule has 0 radical (unpaired) electrons. The van der Waals surface area contributed by atoms with Crippen LogP contribution in [0, 0.1) is 11.7 Å². The number of fused-ring (bicyclic) bond motifs is 5. The molecule has 0 unspecified atom stereocenters. The van der Waals surface area contributed by atoms with Crippen LogP contribution in [0.5, 0.6) is 0 Å². The standard InChI is InChI=1S/C26H27FN6O/c1-30(2)12-19-14-32(16-24(19)34)25-8-7-22-21(29-25)15-31-13-18(17-3-5-20(27)6-4-17)11-23(31)26-28-9-10-33(22)26/h3-11,13,19,24,34H,12,14-16H2,1-2H3/t19-,24+/m1/s1. The quantitative estimate of drug-likeness (QED) is 0.448. The number of imidazole rings is 1. The first-order valence-corrected chi connectivity index (χ1v) is 11.5. The van der Waals surface area contributed by atoms with Crippen LogP contribution in [-0.2, 0) is 6.54 Å². The smallest absolute Gasteiger partial charge is 0.161 e. The van der Waals surface area contributed by atoms with Gasteiger partial charge in [0.25, 0.3) is 0 Å². The fourth-order valence-corrected chi connectivity index (χ4v) is 5.16. The van der Waals surface area contributed by atoms with Crippen molar-refractivity contribution in [2.24, 2.45) is 5.92 Å². The van der Waals surface area contributed by atoms with Crippen molar-refractivity contribution in [3.05, 3.63) is 72.6 Å². The van der Waals surface area contributed by atoms with Gasteiger partial charge in [-0.1, -0.05) is 12.1 Å². The van der Waals surface area contributed by atoms with Crippen LogP contribution in [0.1, 0.15) is 5.69 Å². The molecular formula is C26H27FN6O. The molecule has 1 N–H and O–H groups in total. The number of rotatable bonds is 4. The first kappa shape index (κ1) is 21.1. The highest BCUT2D eigenvalue weighted by Gasteiger charge is 2.33. The third kappa shape index (κ3) is 3.59. The first-order valence-electron chi connectivity index (χ1n) is 11.5. The predicted molar refractivity (Wildman–Crippen MR) is 130 cm³/mol. The molecule has 5 heterocycles. The molecular weight excluding hydrogens is 431 g/mol. The third-order valence-electron chi connectivity index (χ3n) is 6.79. The summed E-state index contributed by atoms with van der Waals surface area (Å²) in [5.74, 6) is 1.69. The van der Waals surface area contributed by atoms with Crippen molar-refractivity contribution in [2.45, 2.75) is 12.6 Å². The predicted octanol–water partition coefficient (Wildman–Crippen LogP) is 3.26. The van der Waals surface area contributed by atoms with Crippen molar-refractivity contribution < 1.29 is 9.50 Å². The third-order valence-corrected chi connectivity index (χ3v) is 6.79. The van der Waals surface area contributed by atoms with Gasteiger partial charge in [-0.2, -0.15) is 0 Å². The number of anilines is 1. The van der Waals surface area contributed by atoms with E-state index >= 15 is 0 Å². The molecule has 6 rings (SSSR count). The number of hydrogen-bond acceptors (Lipinski definition) is 5. The lowest BCUT2D eigenvalue weighted by atomic mass is 10.1. The summed E-state index contributed by atoms with van der Waals surface area (Å²) in [7, 11) is 4.07. The second kappa shape index (κ2) is 8.07. The lowest BCUT2D eigenvalue weighted by molar-refractivity contribution is 0.130. The lowest BCUT2D eigenvalue weighted by Crippen LogP contribution is -2.29. The van der Waals surface area contributed by atoms with E-state index in [4.69, 9.17) is 4.98 Å². The van der Waals surface area contributed by atoms with E-state index in [1.54, 1.807) is 18.3 Å². The Morgan fingerprint density at radius 3 is 2.71 bits per heavy atom. The highest BCUT2D eigenvalue weighted by atomic mass is 19.1. The van der Waals surface area contributed by atoms with Crippen LogP contribution in [-0.4, -0.2) is 68.9 Å². The molecule has 3 aromatic heterocycles. The normalized spacial score (nSPS) is 19.1. The molecule has 4 aromatic rings. The highest BCUT2D eigenvalue weighted by molar-refractivity contribution is 5.71. The fraction of sp³-hybridized carbons (Fsp3) is 0.308. The zero-order valence-electron chi connectivity index (χ0n) is 19.3. The number of aromatic nitrogens is 4. The Labute approximate surface area is 197 Å². The molecule has 8 heteroatoms. The molecule has 0 bridgehead atoms. The van der Waals surface area contributed by atoms with E-state index < -0.39 is 0 Å². The van der Waals surface area contributed by atoms with Gasteiger partial charge in [-0.15, -0.1) is 0 Å². The molecule has 34 heavy (non-hydrogen) atoms. The number of β-amino-alcohol motifs (C(OH)–C–C–N with tert-alkyl or cyclic N) is 1. The van der Waals surface area contributed by atoms with Gasteiger partial charge in [0, 0.05) is 49.7 Å². The van der Waals surface area contributed by atoms with E-state index in [-0.39, 0.29) is 17.8 Å². The molecule has 0 aliphatic carbocycles. The van der Waals surface area contributed by atoms with Gasteiger partial charge >= 0.3 is 0 Å². The molecule has 1 fully saturated rings. The first-order chi connectivity index (χ1) is 16.5. The number of halogens is 1. The number of nitrogens with zero attached hydrogens (tertiary/aromatic N) is 6. The summed E-state index contributed by atoms with van der Waals surface area (Å²) in [6.45, 7) is 2.82. The van der Waals surface area contributed by atoms with Gasteiger partial charge in [0.15, 0.2) is 5.82 Å². The van der Waals surface area contributed by atoms with E-state index in [1.165, 1.54) is 12.1 Å². The van der Waals surface area contributed by atoms with Crippen molar-refractivity contribution in [3.63, 3.8) is 0 Å². The Balaban J connectivity index is 1.37. The maximum absolute atomic E-state index is 13.4. The molecule has 0 saturated carbocycles. The van der Waals surface area contributed by atoms with Crippen LogP contribution in [0.15, 0.2) is 61.1 Å². The van der Waals surface area contributed by atoms with E-state index in [0.29, 0.717) is 13.1 Å². The zero-order chi connectivity index (χ0) is 23.4. The maximum atomic E-state index is 13.4. The van der Waals surface area contributed by atoms with Crippen LogP contribution < -0.4 is 4.90 Å². The Morgan fingerprint density at radius 1 is 1.09 bits per heavy atom. The number of pyridine rings is 1. The van der Waals surface area contributed by atoms with Gasteiger partial charge in [-0.25, -0.2) is 14.4 Å². The fourth-order valence-electron chi connectivity index (χ4n) is 5.16. The summed E-state index contributed by atoms with van der Waals surface area (Å²) in [6.07, 6.45) is 5.48. The Morgan fingerprint density at radius 2 is 1.91 bits per heavy atom. The Hall–Kier alpha value is -3.49. The van der Waals surface area contributed by atoms with Gasteiger partial charge in [0.05, 0.1) is 29.7 Å². The van der Waals surface area contributed by atoms with Crippen molar-refractivity contribution in [2.75, 3.05) is 38.6 Å². The number of hydrogen-bond donors (Lipinski definition) is 1. The Kier molecular flexibility index (Phi) is 5.00. The van der Waals surface area contributed by atoms with E-state index in [9.17, 15) is 9.50 Å². The molecule has 7 nitrogen and oxygen atoms in total. The molecule has 1 saturated heterocycles. The molecule has 2 aliphatic heterocycles.